The second-order valence-corrected chi connectivity index (χ2v) is 5.97. The standard InChI is InChI=1S/2C10H12O2/c2*1-6-4-5-9(10(11)12)8(3)7(6)2/h2*4-5H,1-3H3,(H,11,12). The maximum Gasteiger partial charge on any atom is 0.335 e. The molecule has 0 aliphatic carbocycles. The highest BCUT2D eigenvalue weighted by Crippen LogP contribution is 2.17. The number of carboxylic acids is 2. The highest BCUT2D eigenvalue weighted by molar-refractivity contribution is 5.90. The van der Waals surface area contributed by atoms with E-state index in [4.69, 9.17) is 10.2 Å². The molecule has 0 heterocycles. The van der Waals surface area contributed by atoms with Gasteiger partial charge in [-0.3, -0.25) is 0 Å². The van der Waals surface area contributed by atoms with Crippen molar-refractivity contribution in [1.29, 1.82) is 0 Å². The fraction of sp³-hybridized carbons (Fsp3) is 0.300. The average molecular weight is 328 g/mol. The molecule has 0 aliphatic rings. The van der Waals surface area contributed by atoms with Gasteiger partial charge in [-0.25, -0.2) is 9.59 Å². The van der Waals surface area contributed by atoms with E-state index < -0.39 is 11.9 Å². The van der Waals surface area contributed by atoms with Gasteiger partial charge in [0.15, 0.2) is 0 Å². The molecule has 0 aliphatic heterocycles. The Morgan fingerprint density at radius 3 is 1.12 bits per heavy atom. The molecular weight excluding hydrogens is 304 g/mol. The van der Waals surface area contributed by atoms with E-state index in [1.54, 1.807) is 12.1 Å². The van der Waals surface area contributed by atoms with Crippen molar-refractivity contribution in [3.8, 4) is 0 Å². The number of carboxylic acid groups (broad SMARTS) is 2. The summed E-state index contributed by atoms with van der Waals surface area (Å²) in [5.41, 5.74) is 6.93. The van der Waals surface area contributed by atoms with Crippen molar-refractivity contribution in [2.45, 2.75) is 41.5 Å². The zero-order chi connectivity index (χ0) is 18.6. The number of aryl methyl sites for hydroxylation is 2. The lowest BCUT2D eigenvalue weighted by Gasteiger charge is -2.06. The summed E-state index contributed by atoms with van der Waals surface area (Å²) in [5.74, 6) is -1.70. The van der Waals surface area contributed by atoms with Gasteiger partial charge in [0.05, 0.1) is 11.1 Å². The largest absolute Gasteiger partial charge is 0.478 e. The Hall–Kier alpha value is -2.62. The Labute approximate surface area is 142 Å². The molecule has 2 aromatic carbocycles. The first-order valence-corrected chi connectivity index (χ1v) is 7.68. The first kappa shape index (κ1) is 19.4. The minimum atomic E-state index is -0.851. The van der Waals surface area contributed by atoms with Crippen LogP contribution in [0, 0.1) is 41.5 Å². The summed E-state index contributed by atoms with van der Waals surface area (Å²) in [4.78, 5) is 21.4. The summed E-state index contributed by atoms with van der Waals surface area (Å²) < 4.78 is 0. The number of hydrogen-bond donors (Lipinski definition) is 2. The molecule has 0 atom stereocenters. The predicted molar refractivity (Wildman–Crippen MR) is 95.2 cm³/mol. The van der Waals surface area contributed by atoms with Crippen LogP contribution in [0.15, 0.2) is 24.3 Å². The van der Waals surface area contributed by atoms with E-state index in [9.17, 15) is 9.59 Å². The Balaban J connectivity index is 0.000000240. The number of aromatic carboxylic acids is 2. The molecule has 0 saturated carbocycles. The van der Waals surface area contributed by atoms with Crippen molar-refractivity contribution in [2.24, 2.45) is 0 Å². The number of rotatable bonds is 2. The molecule has 0 fully saturated rings. The van der Waals surface area contributed by atoms with Gasteiger partial charge in [0.25, 0.3) is 0 Å². The van der Waals surface area contributed by atoms with Crippen molar-refractivity contribution < 1.29 is 19.8 Å². The number of carbonyl (C=O) groups is 2. The molecule has 4 heteroatoms. The van der Waals surface area contributed by atoms with Crippen LogP contribution in [-0.2, 0) is 0 Å². The summed E-state index contributed by atoms with van der Waals surface area (Å²) in [6.45, 7) is 11.5. The molecule has 0 bridgehead atoms. The van der Waals surface area contributed by atoms with Gasteiger partial charge in [-0.05, 0) is 87.1 Å². The third-order valence-corrected chi connectivity index (χ3v) is 4.58. The highest BCUT2D eigenvalue weighted by Gasteiger charge is 2.09. The van der Waals surface area contributed by atoms with E-state index in [0.29, 0.717) is 11.1 Å². The first-order valence-electron chi connectivity index (χ1n) is 7.68. The van der Waals surface area contributed by atoms with Gasteiger partial charge >= 0.3 is 11.9 Å². The van der Waals surface area contributed by atoms with Crippen molar-refractivity contribution in [1.82, 2.24) is 0 Å². The minimum Gasteiger partial charge on any atom is -0.478 e. The summed E-state index contributed by atoms with van der Waals surface area (Å²) >= 11 is 0. The summed E-state index contributed by atoms with van der Waals surface area (Å²) in [7, 11) is 0. The van der Waals surface area contributed by atoms with Crippen molar-refractivity contribution in [2.75, 3.05) is 0 Å². The maximum absolute atomic E-state index is 10.7. The minimum absolute atomic E-state index is 0.401. The molecule has 0 saturated heterocycles. The second-order valence-electron chi connectivity index (χ2n) is 5.97. The van der Waals surface area contributed by atoms with Crippen LogP contribution in [0.1, 0.15) is 54.1 Å². The fourth-order valence-electron chi connectivity index (χ4n) is 2.38. The Bertz CT molecular complexity index is 721. The normalized spacial score (nSPS) is 9.92. The quantitative estimate of drug-likeness (QED) is 0.843. The highest BCUT2D eigenvalue weighted by atomic mass is 16.4. The Morgan fingerprint density at radius 1 is 0.583 bits per heavy atom. The van der Waals surface area contributed by atoms with Crippen molar-refractivity contribution >= 4 is 11.9 Å². The molecule has 4 nitrogen and oxygen atoms in total. The molecule has 24 heavy (non-hydrogen) atoms. The molecule has 0 unspecified atom stereocenters. The van der Waals surface area contributed by atoms with Crippen molar-refractivity contribution in [3.05, 3.63) is 68.8 Å². The van der Waals surface area contributed by atoms with Gasteiger partial charge in [0, 0.05) is 0 Å². The van der Waals surface area contributed by atoms with E-state index in [2.05, 4.69) is 0 Å². The predicted octanol–water partition coefficient (Wildman–Crippen LogP) is 4.62. The van der Waals surface area contributed by atoms with Crippen LogP contribution in [0.5, 0.6) is 0 Å². The summed E-state index contributed by atoms with van der Waals surface area (Å²) in [6.07, 6.45) is 0. The van der Waals surface area contributed by atoms with Gasteiger partial charge in [0.2, 0.25) is 0 Å². The lowest BCUT2D eigenvalue weighted by molar-refractivity contribution is 0.0685. The second kappa shape index (κ2) is 7.77. The topological polar surface area (TPSA) is 74.6 Å². The van der Waals surface area contributed by atoms with Crippen LogP contribution in [0.25, 0.3) is 0 Å². The zero-order valence-electron chi connectivity index (χ0n) is 15.0. The van der Waals surface area contributed by atoms with Crippen LogP contribution in [-0.4, -0.2) is 22.2 Å². The van der Waals surface area contributed by atoms with Gasteiger partial charge in [-0.2, -0.15) is 0 Å². The van der Waals surface area contributed by atoms with Crippen LogP contribution in [0.2, 0.25) is 0 Å². The Kier molecular flexibility index (Phi) is 6.29. The van der Waals surface area contributed by atoms with E-state index >= 15 is 0 Å². The van der Waals surface area contributed by atoms with Gasteiger partial charge in [-0.1, -0.05) is 12.1 Å². The summed E-state index contributed by atoms with van der Waals surface area (Å²) in [6, 6.07) is 6.98. The van der Waals surface area contributed by atoms with E-state index in [1.165, 1.54) is 0 Å². The first-order chi connectivity index (χ1) is 11.1. The van der Waals surface area contributed by atoms with Crippen LogP contribution >= 0.6 is 0 Å². The smallest absolute Gasteiger partial charge is 0.335 e. The molecule has 128 valence electrons. The molecular formula is C20H24O4. The number of benzene rings is 2. The zero-order valence-corrected chi connectivity index (χ0v) is 15.0. The molecule has 0 spiro atoms. The van der Waals surface area contributed by atoms with Crippen LogP contribution < -0.4 is 0 Å². The van der Waals surface area contributed by atoms with Crippen molar-refractivity contribution in [3.63, 3.8) is 0 Å². The number of hydrogen-bond acceptors (Lipinski definition) is 2. The third kappa shape index (κ3) is 4.22. The van der Waals surface area contributed by atoms with E-state index in [-0.39, 0.29) is 0 Å². The van der Waals surface area contributed by atoms with Gasteiger partial charge in [0.1, 0.15) is 0 Å². The van der Waals surface area contributed by atoms with Crippen LogP contribution in [0.4, 0.5) is 0 Å². The van der Waals surface area contributed by atoms with Crippen LogP contribution in [0.3, 0.4) is 0 Å². The van der Waals surface area contributed by atoms with Gasteiger partial charge < -0.3 is 10.2 Å². The average Bonchev–Trinajstić information content (AvgIpc) is 2.50. The molecule has 2 aromatic rings. The van der Waals surface area contributed by atoms with Gasteiger partial charge in [-0.15, -0.1) is 0 Å². The molecule has 0 radical (unpaired) electrons. The van der Waals surface area contributed by atoms with E-state index in [1.807, 2.05) is 53.7 Å². The molecule has 0 aromatic heterocycles. The molecule has 2 rings (SSSR count). The monoisotopic (exact) mass is 328 g/mol. The maximum atomic E-state index is 10.7. The molecule has 0 amide bonds. The fourth-order valence-corrected chi connectivity index (χ4v) is 2.38. The Morgan fingerprint density at radius 2 is 0.875 bits per heavy atom. The summed E-state index contributed by atoms with van der Waals surface area (Å²) in [5, 5.41) is 17.6. The lowest BCUT2D eigenvalue weighted by atomic mass is 9.99. The lowest BCUT2D eigenvalue weighted by Crippen LogP contribution is -2.01. The third-order valence-electron chi connectivity index (χ3n) is 4.58. The molecule has 2 N–H and O–H groups in total. The SMILES string of the molecule is Cc1ccc(C(=O)O)c(C)c1C.Cc1ccc(C(=O)O)c(C)c1C. The van der Waals surface area contributed by atoms with E-state index in [0.717, 1.165) is 33.4 Å².